The molecule has 0 aliphatic carbocycles. The molecule has 1 saturated heterocycles. The summed E-state index contributed by atoms with van der Waals surface area (Å²) < 4.78 is 5.79. The molecular weight excluding hydrogens is 293 g/mol. The maximum Gasteiger partial charge on any atom is 0.303 e. The zero-order chi connectivity index (χ0) is 16.3. The van der Waals surface area contributed by atoms with Gasteiger partial charge in [-0.1, -0.05) is 60.7 Å². The van der Waals surface area contributed by atoms with Gasteiger partial charge >= 0.3 is 5.97 Å². The van der Waals surface area contributed by atoms with Gasteiger partial charge in [0.15, 0.2) is 0 Å². The number of rotatable bonds is 5. The molecule has 1 heterocycles. The third kappa shape index (κ3) is 2.98. The van der Waals surface area contributed by atoms with Crippen LogP contribution in [0.5, 0.6) is 0 Å². The standard InChI is InChI=1S/C17H17BNO4/c20-16(21)12-11-15-17(22)23-18(19-15,13-7-3-1-4-8-13)14-9-5-2-6-10-14/h1-10,15,19H,11-12H2,(H,20,21)/q-1. The first kappa shape index (κ1) is 15.3. The topological polar surface area (TPSA) is 75.6 Å². The van der Waals surface area contributed by atoms with Gasteiger partial charge in [-0.15, -0.1) is 10.9 Å². The van der Waals surface area contributed by atoms with E-state index >= 15 is 0 Å². The molecule has 0 spiro atoms. The molecule has 1 aliphatic heterocycles. The summed E-state index contributed by atoms with van der Waals surface area (Å²) in [5.74, 6) is -1.33. The summed E-state index contributed by atoms with van der Waals surface area (Å²) >= 11 is 0. The molecule has 118 valence electrons. The van der Waals surface area contributed by atoms with Crippen LogP contribution in [-0.4, -0.2) is 29.6 Å². The summed E-state index contributed by atoms with van der Waals surface area (Å²) in [4.78, 5) is 23.1. The van der Waals surface area contributed by atoms with Crippen molar-refractivity contribution in [2.24, 2.45) is 0 Å². The fraction of sp³-hybridized carbons (Fsp3) is 0.176. The molecule has 1 unspecified atom stereocenters. The molecule has 0 amide bonds. The maximum absolute atomic E-state index is 12.3. The Morgan fingerprint density at radius 1 is 1.04 bits per heavy atom. The van der Waals surface area contributed by atoms with Crippen LogP contribution < -0.4 is 16.2 Å². The third-order valence-corrected chi connectivity index (χ3v) is 4.20. The molecule has 2 N–H and O–H groups in total. The van der Waals surface area contributed by atoms with Crippen molar-refractivity contribution < 1.29 is 19.3 Å². The van der Waals surface area contributed by atoms with Crippen LogP contribution in [0.25, 0.3) is 0 Å². The van der Waals surface area contributed by atoms with E-state index in [1.807, 2.05) is 60.7 Å². The predicted octanol–water partition coefficient (Wildman–Crippen LogP) is 0.623. The van der Waals surface area contributed by atoms with Crippen molar-refractivity contribution in [2.45, 2.75) is 18.9 Å². The molecule has 5 nitrogen and oxygen atoms in total. The molecule has 0 saturated carbocycles. The highest BCUT2D eigenvalue weighted by atomic mass is 16.5. The first-order valence-electron chi connectivity index (χ1n) is 7.60. The monoisotopic (exact) mass is 310 g/mol. The number of carboxylic acids is 1. The van der Waals surface area contributed by atoms with E-state index in [1.165, 1.54) is 0 Å². The van der Waals surface area contributed by atoms with Crippen LogP contribution in [0, 0.1) is 0 Å². The highest BCUT2D eigenvalue weighted by Crippen LogP contribution is 2.17. The lowest BCUT2D eigenvalue weighted by Gasteiger charge is -2.37. The van der Waals surface area contributed by atoms with Crippen molar-refractivity contribution in [3.05, 3.63) is 60.7 Å². The van der Waals surface area contributed by atoms with Gasteiger partial charge in [0.25, 0.3) is 12.5 Å². The molecule has 1 aliphatic rings. The summed E-state index contributed by atoms with van der Waals surface area (Å²) in [7, 11) is 0. The van der Waals surface area contributed by atoms with Gasteiger partial charge in [-0.2, -0.15) is 0 Å². The average Bonchev–Trinajstić information content (AvgIpc) is 2.92. The molecule has 1 fully saturated rings. The van der Waals surface area contributed by atoms with E-state index < -0.39 is 24.5 Å². The Morgan fingerprint density at radius 3 is 2.04 bits per heavy atom. The lowest BCUT2D eigenvalue weighted by molar-refractivity contribution is -0.137. The highest BCUT2D eigenvalue weighted by Gasteiger charge is 2.43. The van der Waals surface area contributed by atoms with E-state index in [0.717, 1.165) is 10.9 Å². The number of carbonyl (C=O) groups excluding carboxylic acids is 1. The molecule has 0 bridgehead atoms. The van der Waals surface area contributed by atoms with E-state index in [2.05, 4.69) is 5.23 Å². The van der Waals surface area contributed by atoms with Crippen LogP contribution in [0.15, 0.2) is 60.7 Å². The van der Waals surface area contributed by atoms with Crippen molar-refractivity contribution in [3.8, 4) is 0 Å². The van der Waals surface area contributed by atoms with Crippen LogP contribution in [0.3, 0.4) is 0 Å². The fourth-order valence-electron chi connectivity index (χ4n) is 3.08. The smallest absolute Gasteiger partial charge is 0.303 e. The van der Waals surface area contributed by atoms with Crippen LogP contribution in [-0.2, 0) is 14.2 Å². The summed E-state index contributed by atoms with van der Waals surface area (Å²) in [6.07, 6.45) is 0.125. The SMILES string of the molecule is O=C(O)CCC1N[B-](c2ccccc2)(c2ccccc2)OC1=O. The number of nitrogens with one attached hydrogen (secondary N) is 1. The molecule has 3 rings (SSSR count). The molecular formula is C17H17BNO4-. The first-order chi connectivity index (χ1) is 11.1. The second-order valence-electron chi connectivity index (χ2n) is 5.70. The molecule has 23 heavy (non-hydrogen) atoms. The van der Waals surface area contributed by atoms with E-state index in [4.69, 9.17) is 9.76 Å². The van der Waals surface area contributed by atoms with Crippen LogP contribution in [0.1, 0.15) is 12.8 Å². The van der Waals surface area contributed by atoms with Gasteiger partial charge < -0.3 is 15.0 Å². The molecule has 2 aromatic rings. The van der Waals surface area contributed by atoms with Gasteiger partial charge in [-0.3, -0.25) is 9.59 Å². The average molecular weight is 310 g/mol. The fourth-order valence-corrected chi connectivity index (χ4v) is 3.08. The molecule has 6 heteroatoms. The van der Waals surface area contributed by atoms with Crippen LogP contribution in [0.2, 0.25) is 0 Å². The lowest BCUT2D eigenvalue weighted by Crippen LogP contribution is -2.68. The van der Waals surface area contributed by atoms with Crippen LogP contribution in [0.4, 0.5) is 0 Å². The minimum absolute atomic E-state index is 0.0808. The van der Waals surface area contributed by atoms with Gasteiger partial charge in [-0.25, -0.2) is 0 Å². The Hall–Kier alpha value is -2.60. The second kappa shape index (κ2) is 6.26. The number of hydrogen-bond acceptors (Lipinski definition) is 4. The summed E-state index contributed by atoms with van der Waals surface area (Å²) in [6, 6.07) is 18.4. The number of hydrogen-bond donors (Lipinski definition) is 2. The van der Waals surface area contributed by atoms with Gasteiger partial charge in [0.1, 0.15) is 0 Å². The normalized spacial score (nSPS) is 19.3. The summed E-state index contributed by atoms with van der Waals surface area (Å²) in [5.41, 5.74) is 1.73. The van der Waals surface area contributed by atoms with E-state index in [0.29, 0.717) is 0 Å². The number of carbonyl (C=O) groups is 2. The zero-order valence-electron chi connectivity index (χ0n) is 12.5. The number of aliphatic carboxylic acids is 1. The second-order valence-corrected chi connectivity index (χ2v) is 5.70. The van der Waals surface area contributed by atoms with Crippen LogP contribution >= 0.6 is 0 Å². The molecule has 2 aromatic carbocycles. The minimum atomic E-state index is -1.89. The van der Waals surface area contributed by atoms with Gasteiger partial charge in [0.05, 0.1) is 6.04 Å². The van der Waals surface area contributed by atoms with Crippen molar-refractivity contribution in [1.29, 1.82) is 0 Å². The number of carboxylic acid groups (broad SMARTS) is 1. The Labute approximate surface area is 134 Å². The Morgan fingerprint density at radius 2 is 1.57 bits per heavy atom. The molecule has 0 radical (unpaired) electrons. The molecule has 1 atom stereocenters. The van der Waals surface area contributed by atoms with Crippen molar-refractivity contribution >= 4 is 29.3 Å². The highest BCUT2D eigenvalue weighted by molar-refractivity contribution is 6.97. The van der Waals surface area contributed by atoms with Gasteiger partial charge in [-0.05, 0) is 6.42 Å². The Balaban J connectivity index is 1.99. The molecule has 0 aromatic heterocycles. The Bertz CT molecular complexity index is 666. The van der Waals surface area contributed by atoms with E-state index in [-0.39, 0.29) is 12.8 Å². The largest absolute Gasteiger partial charge is 0.667 e. The lowest BCUT2D eigenvalue weighted by atomic mass is 9.42. The van der Waals surface area contributed by atoms with Crippen molar-refractivity contribution in [3.63, 3.8) is 0 Å². The van der Waals surface area contributed by atoms with Crippen molar-refractivity contribution in [1.82, 2.24) is 5.23 Å². The summed E-state index contributed by atoms with van der Waals surface area (Å²) in [5, 5.41) is 12.1. The van der Waals surface area contributed by atoms with Gasteiger partial charge in [0, 0.05) is 6.42 Å². The zero-order valence-corrected chi connectivity index (χ0v) is 12.5. The quantitative estimate of drug-likeness (QED) is 0.792. The summed E-state index contributed by atoms with van der Waals surface area (Å²) in [6.45, 7) is -1.89. The van der Waals surface area contributed by atoms with Crippen molar-refractivity contribution in [2.75, 3.05) is 0 Å². The van der Waals surface area contributed by atoms with E-state index in [1.54, 1.807) is 0 Å². The number of benzene rings is 2. The Kier molecular flexibility index (Phi) is 4.17. The predicted molar refractivity (Wildman–Crippen MR) is 87.8 cm³/mol. The van der Waals surface area contributed by atoms with Gasteiger partial charge in [0.2, 0.25) is 0 Å². The minimum Gasteiger partial charge on any atom is -0.667 e. The third-order valence-electron chi connectivity index (χ3n) is 4.20. The maximum atomic E-state index is 12.3. The first-order valence-corrected chi connectivity index (χ1v) is 7.60. The van der Waals surface area contributed by atoms with E-state index in [9.17, 15) is 9.59 Å².